The summed E-state index contributed by atoms with van der Waals surface area (Å²) in [5.74, 6) is 0.256. The van der Waals surface area contributed by atoms with Gasteiger partial charge < -0.3 is 9.73 Å². The molecule has 2 heterocycles. The van der Waals surface area contributed by atoms with Crippen molar-refractivity contribution in [3.05, 3.63) is 54.6 Å². The first-order chi connectivity index (χ1) is 10.3. The Labute approximate surface area is 123 Å². The lowest BCUT2D eigenvalue weighted by Gasteiger charge is -2.17. The van der Waals surface area contributed by atoms with Gasteiger partial charge in [0.05, 0.1) is 18.2 Å². The summed E-state index contributed by atoms with van der Waals surface area (Å²) in [5, 5.41) is 2.99. The van der Waals surface area contributed by atoms with Crippen molar-refractivity contribution in [3.63, 3.8) is 0 Å². The Kier molecular flexibility index (Phi) is 4.15. The molecule has 1 atom stereocenters. The van der Waals surface area contributed by atoms with Crippen molar-refractivity contribution in [1.82, 2.24) is 10.3 Å². The number of hydrogen-bond acceptors (Lipinski definition) is 3. The minimum Gasteiger partial charge on any atom is -0.472 e. The van der Waals surface area contributed by atoms with Crippen molar-refractivity contribution < 1.29 is 9.21 Å². The smallest absolute Gasteiger partial charge is 0.223 e. The summed E-state index contributed by atoms with van der Waals surface area (Å²) in [5.41, 5.74) is 2.83. The first kappa shape index (κ1) is 13.6. The molecular formula is C17H18N2O2. The largest absolute Gasteiger partial charge is 0.472 e. The third kappa shape index (κ3) is 3.40. The van der Waals surface area contributed by atoms with E-state index in [0.29, 0.717) is 6.54 Å². The number of carbonyl (C=O) groups is 1. The van der Waals surface area contributed by atoms with Crippen molar-refractivity contribution in [2.75, 3.05) is 0 Å². The molecule has 0 saturated carbocycles. The molecule has 0 bridgehead atoms. The quantitative estimate of drug-likeness (QED) is 0.875. The fourth-order valence-corrected chi connectivity index (χ4v) is 2.48. The Morgan fingerprint density at radius 3 is 2.95 bits per heavy atom. The SMILES string of the molecule is O=C(NCc1ccc(-c2ccoc2)nc1)C1CC=CCC1. The number of carbonyl (C=O) groups excluding carboxylic acids is 1. The molecule has 0 fully saturated rings. The van der Waals surface area contributed by atoms with E-state index in [9.17, 15) is 4.79 Å². The van der Waals surface area contributed by atoms with Crippen LogP contribution in [0.1, 0.15) is 24.8 Å². The van der Waals surface area contributed by atoms with Gasteiger partial charge in [-0.15, -0.1) is 0 Å². The summed E-state index contributed by atoms with van der Waals surface area (Å²) in [4.78, 5) is 16.4. The summed E-state index contributed by atoms with van der Waals surface area (Å²) in [6, 6.07) is 5.80. The van der Waals surface area contributed by atoms with Gasteiger partial charge in [-0.25, -0.2) is 0 Å². The van der Waals surface area contributed by atoms with Crippen LogP contribution in [0.25, 0.3) is 11.3 Å². The molecule has 1 amide bonds. The van der Waals surface area contributed by atoms with E-state index in [4.69, 9.17) is 4.42 Å². The van der Waals surface area contributed by atoms with Crippen LogP contribution in [-0.4, -0.2) is 10.9 Å². The predicted octanol–water partition coefficient (Wildman–Crippen LogP) is 3.31. The minimum atomic E-state index is 0.119. The second-order valence-electron chi connectivity index (χ2n) is 5.26. The van der Waals surface area contributed by atoms with Crippen LogP contribution in [0.15, 0.2) is 53.5 Å². The Balaban J connectivity index is 1.56. The molecule has 2 aromatic rings. The van der Waals surface area contributed by atoms with Gasteiger partial charge in [0.1, 0.15) is 0 Å². The maximum Gasteiger partial charge on any atom is 0.223 e. The maximum absolute atomic E-state index is 12.0. The summed E-state index contributed by atoms with van der Waals surface area (Å²) >= 11 is 0. The molecule has 1 unspecified atom stereocenters. The highest BCUT2D eigenvalue weighted by Gasteiger charge is 2.18. The number of furan rings is 1. The molecule has 1 aliphatic rings. The van der Waals surface area contributed by atoms with Crippen molar-refractivity contribution in [2.24, 2.45) is 5.92 Å². The van der Waals surface area contributed by atoms with Crippen molar-refractivity contribution in [3.8, 4) is 11.3 Å². The molecule has 21 heavy (non-hydrogen) atoms. The summed E-state index contributed by atoms with van der Waals surface area (Å²) in [6.07, 6.45) is 12.1. The molecule has 1 aliphatic carbocycles. The molecule has 0 aromatic carbocycles. The van der Waals surface area contributed by atoms with Gasteiger partial charge >= 0.3 is 0 Å². The van der Waals surface area contributed by atoms with Crippen LogP contribution in [-0.2, 0) is 11.3 Å². The molecule has 2 aromatic heterocycles. The molecule has 0 radical (unpaired) electrons. The predicted molar refractivity (Wildman–Crippen MR) is 80.3 cm³/mol. The van der Waals surface area contributed by atoms with Crippen LogP contribution in [0.2, 0.25) is 0 Å². The second kappa shape index (κ2) is 6.39. The van der Waals surface area contributed by atoms with Crippen LogP contribution < -0.4 is 5.32 Å². The highest BCUT2D eigenvalue weighted by Crippen LogP contribution is 2.19. The second-order valence-corrected chi connectivity index (χ2v) is 5.26. The van der Waals surface area contributed by atoms with Gasteiger partial charge in [-0.1, -0.05) is 18.2 Å². The van der Waals surface area contributed by atoms with E-state index in [1.807, 2.05) is 18.2 Å². The van der Waals surface area contributed by atoms with Gasteiger partial charge in [-0.05, 0) is 37.0 Å². The lowest BCUT2D eigenvalue weighted by Crippen LogP contribution is -2.30. The first-order valence-corrected chi connectivity index (χ1v) is 7.23. The highest BCUT2D eigenvalue weighted by atomic mass is 16.3. The number of rotatable bonds is 4. The summed E-state index contributed by atoms with van der Waals surface area (Å²) in [7, 11) is 0. The summed E-state index contributed by atoms with van der Waals surface area (Å²) in [6.45, 7) is 0.526. The van der Waals surface area contributed by atoms with Crippen LogP contribution in [0.4, 0.5) is 0 Å². The zero-order valence-corrected chi connectivity index (χ0v) is 11.8. The van der Waals surface area contributed by atoms with Crippen molar-refractivity contribution in [2.45, 2.75) is 25.8 Å². The van der Waals surface area contributed by atoms with E-state index in [0.717, 1.165) is 36.1 Å². The molecule has 0 aliphatic heterocycles. The number of hydrogen-bond donors (Lipinski definition) is 1. The zero-order valence-electron chi connectivity index (χ0n) is 11.8. The molecule has 3 rings (SSSR count). The van der Waals surface area contributed by atoms with Crippen molar-refractivity contribution >= 4 is 5.91 Å². The Bertz CT molecular complexity index is 615. The maximum atomic E-state index is 12.0. The van der Waals surface area contributed by atoms with Crippen LogP contribution in [0.3, 0.4) is 0 Å². The third-order valence-corrected chi connectivity index (χ3v) is 3.75. The fourth-order valence-electron chi connectivity index (χ4n) is 2.48. The van der Waals surface area contributed by atoms with E-state index in [2.05, 4.69) is 22.5 Å². The van der Waals surface area contributed by atoms with Gasteiger partial charge in [-0.3, -0.25) is 9.78 Å². The lowest BCUT2D eigenvalue weighted by molar-refractivity contribution is -0.125. The van der Waals surface area contributed by atoms with Crippen LogP contribution in [0.5, 0.6) is 0 Å². The molecule has 1 N–H and O–H groups in total. The van der Waals surface area contributed by atoms with E-state index >= 15 is 0 Å². The Morgan fingerprint density at radius 2 is 2.29 bits per heavy atom. The fraction of sp³-hybridized carbons (Fsp3) is 0.294. The van der Waals surface area contributed by atoms with Crippen molar-refractivity contribution in [1.29, 1.82) is 0 Å². The van der Waals surface area contributed by atoms with Gasteiger partial charge in [0, 0.05) is 24.2 Å². The summed E-state index contributed by atoms with van der Waals surface area (Å²) < 4.78 is 5.04. The number of nitrogens with zero attached hydrogens (tertiary/aromatic N) is 1. The molecule has 0 saturated heterocycles. The minimum absolute atomic E-state index is 0.119. The molecule has 4 nitrogen and oxygen atoms in total. The van der Waals surface area contributed by atoms with E-state index in [-0.39, 0.29) is 11.8 Å². The number of aromatic nitrogens is 1. The van der Waals surface area contributed by atoms with Gasteiger partial charge in [0.25, 0.3) is 0 Å². The number of allylic oxidation sites excluding steroid dienone is 2. The average Bonchev–Trinajstić information content (AvgIpc) is 3.08. The van der Waals surface area contributed by atoms with Gasteiger partial charge in [0.2, 0.25) is 5.91 Å². The third-order valence-electron chi connectivity index (χ3n) is 3.75. The zero-order chi connectivity index (χ0) is 14.5. The molecule has 108 valence electrons. The Hall–Kier alpha value is -2.36. The van der Waals surface area contributed by atoms with E-state index in [1.54, 1.807) is 18.7 Å². The topological polar surface area (TPSA) is 55.1 Å². The number of pyridine rings is 1. The highest BCUT2D eigenvalue weighted by molar-refractivity contribution is 5.78. The van der Waals surface area contributed by atoms with Gasteiger partial charge in [0.15, 0.2) is 0 Å². The standard InChI is InChI=1S/C17H18N2O2/c20-17(14-4-2-1-3-5-14)19-11-13-6-7-16(18-10-13)15-8-9-21-12-15/h1-2,6-10,12,14H,3-5,11H2,(H,19,20). The molecule has 4 heteroatoms. The number of amides is 1. The van der Waals surface area contributed by atoms with E-state index in [1.165, 1.54) is 0 Å². The monoisotopic (exact) mass is 282 g/mol. The van der Waals surface area contributed by atoms with Crippen LogP contribution in [0, 0.1) is 5.92 Å². The molecular weight excluding hydrogens is 264 g/mol. The normalized spacial score (nSPS) is 17.6. The Morgan fingerprint density at radius 1 is 1.33 bits per heavy atom. The van der Waals surface area contributed by atoms with E-state index < -0.39 is 0 Å². The number of nitrogens with one attached hydrogen (secondary N) is 1. The first-order valence-electron chi connectivity index (χ1n) is 7.23. The lowest BCUT2D eigenvalue weighted by atomic mass is 9.93. The van der Waals surface area contributed by atoms with Gasteiger partial charge in [-0.2, -0.15) is 0 Å². The van der Waals surface area contributed by atoms with Crippen LogP contribution >= 0.6 is 0 Å². The average molecular weight is 282 g/mol. The molecule has 0 spiro atoms.